The Kier molecular flexibility index (Phi) is 14.7. The van der Waals surface area contributed by atoms with Crippen LogP contribution >= 0.6 is 11.8 Å². The summed E-state index contributed by atoms with van der Waals surface area (Å²) < 4.78 is 16.9. The number of rotatable bonds is 13. The van der Waals surface area contributed by atoms with Crippen molar-refractivity contribution in [3.8, 4) is 11.5 Å². The molecule has 0 atom stereocenters. The number of hydrogen-bond donors (Lipinski definition) is 2. The molecule has 1 aromatic carbocycles. The predicted molar refractivity (Wildman–Crippen MR) is 170 cm³/mol. The lowest BCUT2D eigenvalue weighted by Crippen LogP contribution is -2.46. The van der Waals surface area contributed by atoms with Gasteiger partial charge in [-0.15, -0.1) is 0 Å². The van der Waals surface area contributed by atoms with Crippen molar-refractivity contribution in [3.63, 3.8) is 0 Å². The van der Waals surface area contributed by atoms with Gasteiger partial charge in [0.25, 0.3) is 0 Å². The summed E-state index contributed by atoms with van der Waals surface area (Å²) in [6, 6.07) is 6.07. The van der Waals surface area contributed by atoms with Gasteiger partial charge in [-0.2, -0.15) is 11.8 Å². The lowest BCUT2D eigenvalue weighted by molar-refractivity contribution is -0.132. The first kappa shape index (κ1) is 32.6. The Morgan fingerprint density at radius 2 is 1.93 bits per heavy atom. The van der Waals surface area contributed by atoms with Crippen LogP contribution in [0.15, 0.2) is 59.1 Å². The van der Waals surface area contributed by atoms with Gasteiger partial charge in [0.2, 0.25) is 5.91 Å². The van der Waals surface area contributed by atoms with E-state index in [1.54, 1.807) is 14.2 Å². The van der Waals surface area contributed by atoms with Crippen molar-refractivity contribution in [2.75, 3.05) is 58.5 Å². The number of amides is 1. The van der Waals surface area contributed by atoms with Gasteiger partial charge in [0.15, 0.2) is 11.5 Å². The van der Waals surface area contributed by atoms with Gasteiger partial charge in [0.05, 0.1) is 32.3 Å². The number of carbonyl (C=O) groups is 1. The number of carbonyl (C=O) groups excluding carboxylic acids is 1. The molecule has 0 saturated carbocycles. The van der Waals surface area contributed by atoms with Crippen molar-refractivity contribution in [1.82, 2.24) is 15.5 Å². The van der Waals surface area contributed by atoms with E-state index in [2.05, 4.69) is 42.4 Å². The van der Waals surface area contributed by atoms with Crippen LogP contribution in [0.25, 0.3) is 0 Å². The normalized spacial score (nSPS) is 19.0. The standard InChI is InChI=1S/C32H48N4O4S/c1-5-27-14-15-28(40-21-7-12-32(37)36-19-17-33-18-20-36)11-8-22-41-24-31(35-27)34-25(2)9-6-10-26-13-16-29(38-3)30(23-26)39-4/h13-16,23,33H,2,5-12,17-22,24H2,1,3-4H3,(H,34,35)/b27-14+,28-15+. The number of ether oxygens (including phenoxy) is 3. The molecule has 0 unspecified atom stereocenters. The summed E-state index contributed by atoms with van der Waals surface area (Å²) in [6.45, 7) is 10.3. The van der Waals surface area contributed by atoms with Crippen molar-refractivity contribution in [1.29, 1.82) is 0 Å². The first-order valence-corrected chi connectivity index (χ1v) is 16.0. The molecule has 2 heterocycles. The lowest BCUT2D eigenvalue weighted by atomic mass is 10.1. The highest BCUT2D eigenvalue weighted by atomic mass is 32.2. The summed E-state index contributed by atoms with van der Waals surface area (Å²) in [5.74, 6) is 5.49. The van der Waals surface area contributed by atoms with Gasteiger partial charge < -0.3 is 29.7 Å². The number of methoxy groups -OCH3 is 2. The van der Waals surface area contributed by atoms with Gasteiger partial charge >= 0.3 is 0 Å². The molecule has 2 aliphatic rings. The average Bonchev–Trinajstić information content (AvgIpc) is 3.04. The number of amidine groups is 1. The molecule has 1 fully saturated rings. The Morgan fingerprint density at radius 1 is 1.12 bits per heavy atom. The number of nitrogens with one attached hydrogen (secondary N) is 2. The zero-order chi connectivity index (χ0) is 29.3. The smallest absolute Gasteiger partial charge is 0.222 e. The highest BCUT2D eigenvalue weighted by Gasteiger charge is 2.15. The van der Waals surface area contributed by atoms with E-state index in [0.717, 1.165) is 117 Å². The maximum Gasteiger partial charge on any atom is 0.222 e. The van der Waals surface area contributed by atoms with Crippen molar-refractivity contribution < 1.29 is 19.0 Å². The van der Waals surface area contributed by atoms with Gasteiger partial charge in [0.1, 0.15) is 5.84 Å². The Bertz CT molecular complexity index is 1080. The summed E-state index contributed by atoms with van der Waals surface area (Å²) >= 11 is 1.88. The van der Waals surface area contributed by atoms with Crippen molar-refractivity contribution >= 4 is 23.5 Å². The quantitative estimate of drug-likeness (QED) is 0.298. The first-order chi connectivity index (χ1) is 20.0. The molecule has 0 radical (unpaired) electrons. The van der Waals surface area contributed by atoms with E-state index in [-0.39, 0.29) is 5.91 Å². The number of allylic oxidation sites excluding steroid dienone is 5. The van der Waals surface area contributed by atoms with E-state index >= 15 is 0 Å². The van der Waals surface area contributed by atoms with Crippen LogP contribution in [-0.2, 0) is 16.0 Å². The molecule has 41 heavy (non-hydrogen) atoms. The monoisotopic (exact) mass is 584 g/mol. The Balaban J connectivity index is 1.49. The van der Waals surface area contributed by atoms with E-state index < -0.39 is 0 Å². The fourth-order valence-corrected chi connectivity index (χ4v) is 5.54. The molecule has 0 spiro atoms. The predicted octanol–water partition coefficient (Wildman–Crippen LogP) is 5.46. The molecule has 8 nitrogen and oxygen atoms in total. The second-order valence-corrected chi connectivity index (χ2v) is 11.3. The molecule has 226 valence electrons. The van der Waals surface area contributed by atoms with Gasteiger partial charge in [-0.3, -0.25) is 4.79 Å². The molecule has 1 aromatic rings. The number of benzene rings is 1. The molecular formula is C32H48N4O4S. The third-order valence-electron chi connectivity index (χ3n) is 7.06. The summed E-state index contributed by atoms with van der Waals surface area (Å²) in [7, 11) is 3.31. The highest BCUT2D eigenvalue weighted by Crippen LogP contribution is 2.28. The molecule has 0 aromatic heterocycles. The van der Waals surface area contributed by atoms with E-state index in [4.69, 9.17) is 19.2 Å². The Morgan fingerprint density at radius 3 is 2.68 bits per heavy atom. The largest absolute Gasteiger partial charge is 0.498 e. The molecular weight excluding hydrogens is 536 g/mol. The SMILES string of the molecule is C=C(CCCc1ccc(OC)c(OC)c1)NC1=N/C(CC)=C/C=C(/OCCCC(=O)N2CCNCC2)CCCSC1. The summed E-state index contributed by atoms with van der Waals surface area (Å²) in [6.07, 6.45) is 10.9. The van der Waals surface area contributed by atoms with Crippen LogP contribution in [0, 0.1) is 0 Å². The van der Waals surface area contributed by atoms with Crippen molar-refractivity contribution in [2.45, 2.75) is 58.3 Å². The maximum absolute atomic E-state index is 12.4. The van der Waals surface area contributed by atoms with Gasteiger partial charge in [0, 0.05) is 50.4 Å². The lowest BCUT2D eigenvalue weighted by Gasteiger charge is -2.27. The van der Waals surface area contributed by atoms with Crippen LogP contribution in [0.5, 0.6) is 11.5 Å². The second kappa shape index (κ2) is 18.5. The summed E-state index contributed by atoms with van der Waals surface area (Å²) in [4.78, 5) is 19.3. The minimum Gasteiger partial charge on any atom is -0.498 e. The number of piperazine rings is 1. The van der Waals surface area contributed by atoms with Crippen LogP contribution in [-0.4, -0.2) is 75.2 Å². The Hall–Kier alpha value is -2.91. The van der Waals surface area contributed by atoms with Crippen LogP contribution < -0.4 is 20.1 Å². The summed E-state index contributed by atoms with van der Waals surface area (Å²) in [5, 5.41) is 6.78. The molecule has 0 aliphatic carbocycles. The van der Waals surface area contributed by atoms with Crippen molar-refractivity contribution in [3.05, 3.63) is 59.6 Å². The average molecular weight is 585 g/mol. The van der Waals surface area contributed by atoms with Gasteiger partial charge in [-0.25, -0.2) is 4.99 Å². The van der Waals surface area contributed by atoms with Gasteiger partial charge in [-0.05, 0) is 74.1 Å². The number of hydrogen-bond acceptors (Lipinski definition) is 8. The van der Waals surface area contributed by atoms with E-state index in [0.29, 0.717) is 13.0 Å². The van der Waals surface area contributed by atoms with Crippen LogP contribution in [0.3, 0.4) is 0 Å². The topological polar surface area (TPSA) is 84.4 Å². The van der Waals surface area contributed by atoms with E-state index in [1.165, 1.54) is 5.56 Å². The van der Waals surface area contributed by atoms with Crippen LogP contribution in [0.1, 0.15) is 57.4 Å². The molecule has 2 N–H and O–H groups in total. The number of thioether (sulfide) groups is 1. The highest BCUT2D eigenvalue weighted by molar-refractivity contribution is 7.99. The fourth-order valence-electron chi connectivity index (χ4n) is 4.72. The Labute approximate surface area is 250 Å². The second-order valence-electron chi connectivity index (χ2n) is 10.2. The maximum atomic E-state index is 12.4. The molecule has 1 saturated heterocycles. The summed E-state index contributed by atoms with van der Waals surface area (Å²) in [5.41, 5.74) is 3.19. The molecule has 9 heteroatoms. The zero-order valence-corrected chi connectivity index (χ0v) is 26.0. The third kappa shape index (κ3) is 11.8. The number of aryl methyl sites for hydroxylation is 1. The number of aliphatic imine (C=N–C) groups is 1. The van der Waals surface area contributed by atoms with Crippen LogP contribution in [0.2, 0.25) is 0 Å². The molecule has 0 bridgehead atoms. The zero-order valence-electron chi connectivity index (χ0n) is 25.1. The molecule has 2 aliphatic heterocycles. The van der Waals surface area contributed by atoms with Crippen LogP contribution in [0.4, 0.5) is 0 Å². The minimum atomic E-state index is 0.230. The number of nitrogens with zero attached hydrogens (tertiary/aromatic N) is 2. The molecule has 1 amide bonds. The third-order valence-corrected chi connectivity index (χ3v) is 8.11. The van der Waals surface area contributed by atoms with Gasteiger partial charge in [-0.1, -0.05) is 19.6 Å². The van der Waals surface area contributed by atoms with E-state index in [1.807, 2.05) is 28.8 Å². The first-order valence-electron chi connectivity index (χ1n) is 14.8. The van der Waals surface area contributed by atoms with Crippen molar-refractivity contribution in [2.24, 2.45) is 4.99 Å². The molecule has 3 rings (SSSR count). The van der Waals surface area contributed by atoms with E-state index in [9.17, 15) is 4.79 Å². The fraction of sp³-hybridized carbons (Fsp3) is 0.562. The minimum absolute atomic E-state index is 0.230.